The summed E-state index contributed by atoms with van der Waals surface area (Å²) >= 11 is 0. The van der Waals surface area contributed by atoms with Crippen LogP contribution >= 0.6 is 0 Å². The number of halogens is 2. The Hall–Kier alpha value is -2.51. The Morgan fingerprint density at radius 1 is 1.18 bits per heavy atom. The molecular formula is C20H27F2N3O3. The third kappa shape index (κ3) is 3.86. The highest BCUT2D eigenvalue weighted by Gasteiger charge is 2.51. The van der Waals surface area contributed by atoms with Crippen molar-refractivity contribution in [2.24, 2.45) is 0 Å². The van der Waals surface area contributed by atoms with E-state index in [0.717, 1.165) is 35.9 Å². The SMILES string of the molecule is CC[C@H](C)N(C(=O)CN1C(=O)N[C@](C)(c2cc(F)ccc2F)C1=O)[C@@H](C)CC. The summed E-state index contributed by atoms with van der Waals surface area (Å²) in [4.78, 5) is 40.6. The number of carbonyl (C=O) groups excluding carboxylic acids is 3. The molecule has 0 aliphatic carbocycles. The Bertz CT molecular complexity index is 776. The van der Waals surface area contributed by atoms with Crippen molar-refractivity contribution >= 4 is 17.8 Å². The Morgan fingerprint density at radius 2 is 1.75 bits per heavy atom. The van der Waals surface area contributed by atoms with E-state index in [-0.39, 0.29) is 23.6 Å². The van der Waals surface area contributed by atoms with Crippen molar-refractivity contribution in [3.63, 3.8) is 0 Å². The second kappa shape index (κ2) is 8.24. The van der Waals surface area contributed by atoms with Gasteiger partial charge in [0, 0.05) is 17.6 Å². The van der Waals surface area contributed by atoms with Crippen molar-refractivity contribution in [2.75, 3.05) is 6.54 Å². The van der Waals surface area contributed by atoms with Crippen molar-refractivity contribution < 1.29 is 23.2 Å². The monoisotopic (exact) mass is 395 g/mol. The van der Waals surface area contributed by atoms with Crippen LogP contribution < -0.4 is 5.32 Å². The van der Waals surface area contributed by atoms with E-state index in [2.05, 4.69) is 5.32 Å². The van der Waals surface area contributed by atoms with Crippen LogP contribution in [0.1, 0.15) is 53.0 Å². The number of hydrogen-bond donors (Lipinski definition) is 1. The summed E-state index contributed by atoms with van der Waals surface area (Å²) < 4.78 is 27.8. The quantitative estimate of drug-likeness (QED) is 0.721. The zero-order valence-corrected chi connectivity index (χ0v) is 16.9. The maximum atomic E-state index is 14.2. The lowest BCUT2D eigenvalue weighted by Crippen LogP contribution is -2.50. The van der Waals surface area contributed by atoms with Gasteiger partial charge in [0.2, 0.25) is 5.91 Å². The number of nitrogens with one attached hydrogen (secondary N) is 1. The van der Waals surface area contributed by atoms with Gasteiger partial charge in [-0.05, 0) is 51.8 Å². The van der Waals surface area contributed by atoms with Gasteiger partial charge in [-0.3, -0.25) is 14.5 Å². The third-order valence-electron chi connectivity index (χ3n) is 5.45. The summed E-state index contributed by atoms with van der Waals surface area (Å²) in [5.41, 5.74) is -2.05. The molecule has 1 N–H and O–H groups in total. The van der Waals surface area contributed by atoms with Crippen molar-refractivity contribution in [1.82, 2.24) is 15.1 Å². The summed E-state index contributed by atoms with van der Waals surface area (Å²) in [5, 5.41) is 2.41. The van der Waals surface area contributed by atoms with E-state index < -0.39 is 35.7 Å². The Morgan fingerprint density at radius 3 is 2.29 bits per heavy atom. The van der Waals surface area contributed by atoms with E-state index in [9.17, 15) is 23.2 Å². The molecule has 28 heavy (non-hydrogen) atoms. The predicted octanol–water partition coefficient (Wildman–Crippen LogP) is 3.16. The molecule has 6 nitrogen and oxygen atoms in total. The number of urea groups is 1. The van der Waals surface area contributed by atoms with Gasteiger partial charge >= 0.3 is 6.03 Å². The zero-order valence-electron chi connectivity index (χ0n) is 16.9. The van der Waals surface area contributed by atoms with Crippen molar-refractivity contribution in [1.29, 1.82) is 0 Å². The molecule has 0 saturated carbocycles. The number of carbonyl (C=O) groups is 3. The van der Waals surface area contributed by atoms with Gasteiger partial charge in [0.25, 0.3) is 5.91 Å². The first kappa shape index (κ1) is 21.8. The predicted molar refractivity (Wildman–Crippen MR) is 100 cm³/mol. The van der Waals surface area contributed by atoms with E-state index in [1.165, 1.54) is 6.92 Å². The van der Waals surface area contributed by atoms with E-state index in [1.54, 1.807) is 4.90 Å². The topological polar surface area (TPSA) is 69.7 Å². The van der Waals surface area contributed by atoms with Gasteiger partial charge in [-0.1, -0.05) is 13.8 Å². The zero-order chi connectivity index (χ0) is 21.2. The lowest BCUT2D eigenvalue weighted by Gasteiger charge is -2.35. The summed E-state index contributed by atoms with van der Waals surface area (Å²) in [6.07, 6.45) is 1.45. The Labute approximate surface area is 163 Å². The van der Waals surface area contributed by atoms with Crippen LogP contribution in [-0.2, 0) is 15.1 Å². The van der Waals surface area contributed by atoms with Crippen LogP contribution in [0.4, 0.5) is 13.6 Å². The van der Waals surface area contributed by atoms with Crippen LogP contribution in [0.25, 0.3) is 0 Å². The van der Waals surface area contributed by atoms with Gasteiger partial charge < -0.3 is 10.2 Å². The number of amides is 4. The molecule has 1 aliphatic heterocycles. The molecule has 1 saturated heterocycles. The summed E-state index contributed by atoms with van der Waals surface area (Å²) in [6.45, 7) is 8.56. The fourth-order valence-corrected chi connectivity index (χ4v) is 3.44. The van der Waals surface area contributed by atoms with Gasteiger partial charge in [-0.15, -0.1) is 0 Å². The number of nitrogens with zero attached hydrogens (tertiary/aromatic N) is 2. The van der Waals surface area contributed by atoms with Crippen LogP contribution in [0, 0.1) is 11.6 Å². The molecular weight excluding hydrogens is 368 g/mol. The number of imide groups is 1. The lowest BCUT2D eigenvalue weighted by molar-refractivity contribution is -0.141. The Balaban J connectivity index is 2.30. The van der Waals surface area contributed by atoms with Crippen molar-refractivity contribution in [2.45, 2.75) is 65.1 Å². The molecule has 8 heteroatoms. The van der Waals surface area contributed by atoms with E-state index in [0.29, 0.717) is 0 Å². The van der Waals surface area contributed by atoms with Gasteiger partial charge in [0.1, 0.15) is 23.7 Å². The summed E-state index contributed by atoms with van der Waals surface area (Å²) in [6, 6.07) is 1.78. The van der Waals surface area contributed by atoms with Crippen LogP contribution in [0.3, 0.4) is 0 Å². The fraction of sp³-hybridized carbons (Fsp3) is 0.550. The first-order chi connectivity index (χ1) is 13.1. The maximum absolute atomic E-state index is 14.2. The smallest absolute Gasteiger partial charge is 0.325 e. The van der Waals surface area contributed by atoms with Crippen LogP contribution in [-0.4, -0.2) is 46.3 Å². The molecule has 1 heterocycles. The first-order valence-corrected chi connectivity index (χ1v) is 9.47. The van der Waals surface area contributed by atoms with Gasteiger partial charge in [-0.2, -0.15) is 0 Å². The van der Waals surface area contributed by atoms with Crippen LogP contribution in [0.5, 0.6) is 0 Å². The normalized spacial score (nSPS) is 21.5. The largest absolute Gasteiger partial charge is 0.336 e. The molecule has 4 amide bonds. The van der Waals surface area contributed by atoms with Gasteiger partial charge in [-0.25, -0.2) is 13.6 Å². The molecule has 1 aromatic carbocycles. The number of benzene rings is 1. The highest BCUT2D eigenvalue weighted by atomic mass is 19.1. The molecule has 0 aromatic heterocycles. The molecule has 3 atom stereocenters. The minimum atomic E-state index is -1.78. The Kier molecular flexibility index (Phi) is 6.41. The van der Waals surface area contributed by atoms with Crippen molar-refractivity contribution in [3.8, 4) is 0 Å². The van der Waals surface area contributed by atoms with Gasteiger partial charge in [0.05, 0.1) is 0 Å². The lowest BCUT2D eigenvalue weighted by atomic mass is 9.91. The van der Waals surface area contributed by atoms with E-state index >= 15 is 0 Å². The average Bonchev–Trinajstić information content (AvgIpc) is 2.87. The second-order valence-corrected chi connectivity index (χ2v) is 7.39. The van der Waals surface area contributed by atoms with E-state index in [1.807, 2.05) is 27.7 Å². The van der Waals surface area contributed by atoms with Crippen LogP contribution in [0.15, 0.2) is 18.2 Å². The molecule has 1 aliphatic rings. The molecule has 0 spiro atoms. The molecule has 2 rings (SSSR count). The summed E-state index contributed by atoms with van der Waals surface area (Å²) in [7, 11) is 0. The van der Waals surface area contributed by atoms with Crippen LogP contribution in [0.2, 0.25) is 0 Å². The highest BCUT2D eigenvalue weighted by molar-refractivity contribution is 6.09. The summed E-state index contributed by atoms with van der Waals surface area (Å²) in [5.74, 6) is -2.69. The minimum absolute atomic E-state index is 0.0599. The molecule has 0 radical (unpaired) electrons. The number of hydrogen-bond acceptors (Lipinski definition) is 3. The molecule has 0 bridgehead atoms. The van der Waals surface area contributed by atoms with E-state index in [4.69, 9.17) is 0 Å². The number of rotatable bonds is 7. The standard InChI is InChI=1S/C20H27F2N3O3/c1-6-12(3)25(13(4)7-2)17(26)11-24-18(27)20(5,23-19(24)28)15-10-14(21)8-9-16(15)22/h8-10,12-13H,6-7,11H2,1-5H3,(H,23,28)/t12-,13-,20+/m0/s1. The fourth-order valence-electron chi connectivity index (χ4n) is 3.44. The second-order valence-electron chi connectivity index (χ2n) is 7.39. The molecule has 1 aromatic rings. The molecule has 0 unspecified atom stereocenters. The van der Waals surface area contributed by atoms with Gasteiger partial charge in [0.15, 0.2) is 0 Å². The minimum Gasteiger partial charge on any atom is -0.336 e. The van der Waals surface area contributed by atoms with Crippen molar-refractivity contribution in [3.05, 3.63) is 35.4 Å². The first-order valence-electron chi connectivity index (χ1n) is 9.47. The highest BCUT2D eigenvalue weighted by Crippen LogP contribution is 2.31. The molecule has 1 fully saturated rings. The average molecular weight is 395 g/mol. The molecule has 154 valence electrons. The maximum Gasteiger partial charge on any atom is 0.325 e. The third-order valence-corrected chi connectivity index (χ3v) is 5.45.